The SMILES string of the molecule is CCOC(=O)C1(NC)CCCC1CCN1CCCC(C)C1. The summed E-state index contributed by atoms with van der Waals surface area (Å²) in [6, 6.07) is 0. The number of likely N-dealkylation sites (N-methyl/N-ethyl adjacent to an activating group) is 1. The number of hydrogen-bond acceptors (Lipinski definition) is 4. The van der Waals surface area contributed by atoms with Gasteiger partial charge in [-0.2, -0.15) is 0 Å². The van der Waals surface area contributed by atoms with Gasteiger partial charge < -0.3 is 15.0 Å². The third-order valence-corrected chi connectivity index (χ3v) is 5.44. The first-order valence-corrected chi connectivity index (χ1v) is 8.71. The number of nitrogens with one attached hydrogen (secondary N) is 1. The summed E-state index contributed by atoms with van der Waals surface area (Å²) in [6.45, 7) is 8.27. The van der Waals surface area contributed by atoms with Gasteiger partial charge in [-0.1, -0.05) is 13.3 Å². The number of piperidine rings is 1. The van der Waals surface area contributed by atoms with Crippen LogP contribution in [0.1, 0.15) is 52.4 Å². The van der Waals surface area contributed by atoms with Crippen LogP contribution in [0.15, 0.2) is 0 Å². The maximum Gasteiger partial charge on any atom is 0.326 e. The van der Waals surface area contributed by atoms with Gasteiger partial charge in [0.1, 0.15) is 5.54 Å². The minimum atomic E-state index is -0.433. The molecular formula is C17H32N2O2. The van der Waals surface area contributed by atoms with Crippen molar-refractivity contribution in [2.75, 3.05) is 33.3 Å². The van der Waals surface area contributed by atoms with Crippen molar-refractivity contribution < 1.29 is 9.53 Å². The molecule has 3 atom stereocenters. The zero-order chi connectivity index (χ0) is 15.3. The van der Waals surface area contributed by atoms with Crippen LogP contribution in [0.2, 0.25) is 0 Å². The van der Waals surface area contributed by atoms with Crippen molar-refractivity contribution >= 4 is 5.97 Å². The Morgan fingerprint density at radius 3 is 2.86 bits per heavy atom. The highest BCUT2D eigenvalue weighted by Crippen LogP contribution is 2.39. The molecule has 1 saturated carbocycles. The smallest absolute Gasteiger partial charge is 0.326 e. The predicted octanol–water partition coefficient (Wildman–Crippen LogP) is 2.43. The van der Waals surface area contributed by atoms with Crippen LogP contribution in [0.5, 0.6) is 0 Å². The van der Waals surface area contributed by atoms with Gasteiger partial charge in [0.15, 0.2) is 0 Å². The number of rotatable bonds is 6. The van der Waals surface area contributed by atoms with Crippen LogP contribution in [-0.4, -0.2) is 49.7 Å². The van der Waals surface area contributed by atoms with E-state index < -0.39 is 5.54 Å². The number of likely N-dealkylation sites (tertiary alicyclic amines) is 1. The molecule has 2 aliphatic rings. The average Bonchev–Trinajstić information content (AvgIpc) is 2.89. The Labute approximate surface area is 129 Å². The quantitative estimate of drug-likeness (QED) is 0.764. The van der Waals surface area contributed by atoms with Crippen LogP contribution >= 0.6 is 0 Å². The van der Waals surface area contributed by atoms with Gasteiger partial charge in [0.2, 0.25) is 0 Å². The second-order valence-corrected chi connectivity index (χ2v) is 6.87. The van der Waals surface area contributed by atoms with Crippen LogP contribution in [0, 0.1) is 11.8 Å². The summed E-state index contributed by atoms with van der Waals surface area (Å²) in [7, 11) is 1.91. The van der Waals surface area contributed by atoms with E-state index in [1.165, 1.54) is 25.9 Å². The second kappa shape index (κ2) is 7.59. The standard InChI is InChI=1S/C17H32N2O2/c1-4-21-16(20)17(18-3)10-5-8-15(17)9-12-19-11-6-7-14(2)13-19/h14-15,18H,4-13H2,1-3H3. The first kappa shape index (κ1) is 16.8. The Hall–Kier alpha value is -0.610. The second-order valence-electron chi connectivity index (χ2n) is 6.87. The third kappa shape index (κ3) is 3.78. The van der Waals surface area contributed by atoms with Crippen molar-refractivity contribution in [2.45, 2.75) is 57.9 Å². The van der Waals surface area contributed by atoms with Crippen molar-refractivity contribution in [1.82, 2.24) is 10.2 Å². The summed E-state index contributed by atoms with van der Waals surface area (Å²) >= 11 is 0. The fourth-order valence-corrected chi connectivity index (χ4v) is 4.26. The van der Waals surface area contributed by atoms with Gasteiger partial charge in [0.25, 0.3) is 0 Å². The van der Waals surface area contributed by atoms with Crippen molar-refractivity contribution in [3.63, 3.8) is 0 Å². The summed E-state index contributed by atoms with van der Waals surface area (Å²) in [5, 5.41) is 3.32. The highest BCUT2D eigenvalue weighted by molar-refractivity contribution is 5.81. The Kier molecular flexibility index (Phi) is 6.06. The van der Waals surface area contributed by atoms with Crippen LogP contribution in [0.4, 0.5) is 0 Å². The molecule has 2 rings (SSSR count). The van der Waals surface area contributed by atoms with E-state index in [2.05, 4.69) is 17.1 Å². The summed E-state index contributed by atoms with van der Waals surface area (Å²) in [6.07, 6.45) is 6.98. The van der Waals surface area contributed by atoms with E-state index in [1.807, 2.05) is 14.0 Å². The van der Waals surface area contributed by atoms with Gasteiger partial charge in [-0.25, -0.2) is 0 Å². The third-order valence-electron chi connectivity index (χ3n) is 5.44. The minimum absolute atomic E-state index is 0.0398. The van der Waals surface area contributed by atoms with E-state index in [4.69, 9.17) is 4.74 Å². The lowest BCUT2D eigenvalue weighted by Gasteiger charge is -2.36. The Morgan fingerprint density at radius 2 is 2.19 bits per heavy atom. The van der Waals surface area contributed by atoms with Gasteiger partial charge in [0, 0.05) is 6.54 Å². The Morgan fingerprint density at radius 1 is 1.38 bits per heavy atom. The molecular weight excluding hydrogens is 264 g/mol. The van der Waals surface area contributed by atoms with Crippen LogP contribution in [0.25, 0.3) is 0 Å². The van der Waals surface area contributed by atoms with E-state index in [0.29, 0.717) is 12.5 Å². The Bertz CT molecular complexity index is 348. The normalized spacial score (nSPS) is 34.0. The van der Waals surface area contributed by atoms with Gasteiger partial charge >= 0.3 is 5.97 Å². The summed E-state index contributed by atoms with van der Waals surface area (Å²) < 4.78 is 5.34. The maximum atomic E-state index is 12.4. The fourth-order valence-electron chi connectivity index (χ4n) is 4.26. The lowest BCUT2D eigenvalue weighted by molar-refractivity contribution is -0.153. The molecule has 21 heavy (non-hydrogen) atoms. The van der Waals surface area contributed by atoms with Crippen LogP contribution in [-0.2, 0) is 9.53 Å². The summed E-state index contributed by atoms with van der Waals surface area (Å²) in [5.74, 6) is 1.20. The fraction of sp³-hybridized carbons (Fsp3) is 0.941. The molecule has 0 bridgehead atoms. The number of ether oxygens (including phenoxy) is 1. The molecule has 1 N–H and O–H groups in total. The zero-order valence-corrected chi connectivity index (χ0v) is 14.0. The van der Waals surface area contributed by atoms with Gasteiger partial charge in [0.05, 0.1) is 6.61 Å². The molecule has 0 radical (unpaired) electrons. The lowest BCUT2D eigenvalue weighted by Crippen LogP contribution is -2.54. The number of hydrogen-bond donors (Lipinski definition) is 1. The molecule has 1 aliphatic heterocycles. The van der Waals surface area contributed by atoms with E-state index in [9.17, 15) is 4.79 Å². The topological polar surface area (TPSA) is 41.6 Å². The molecule has 0 aromatic rings. The number of carbonyl (C=O) groups excluding carboxylic acids is 1. The van der Waals surface area contributed by atoms with E-state index >= 15 is 0 Å². The zero-order valence-electron chi connectivity index (χ0n) is 14.0. The van der Waals surface area contributed by atoms with Gasteiger partial charge in [-0.05, 0) is 71.0 Å². The monoisotopic (exact) mass is 296 g/mol. The molecule has 0 amide bonds. The molecule has 0 aromatic carbocycles. The number of carbonyl (C=O) groups is 1. The Balaban J connectivity index is 1.92. The van der Waals surface area contributed by atoms with Crippen molar-refractivity contribution in [1.29, 1.82) is 0 Å². The molecule has 1 heterocycles. The highest BCUT2D eigenvalue weighted by atomic mass is 16.5. The predicted molar refractivity (Wildman–Crippen MR) is 85.2 cm³/mol. The highest BCUT2D eigenvalue weighted by Gasteiger charge is 2.48. The first-order chi connectivity index (χ1) is 10.1. The minimum Gasteiger partial charge on any atom is -0.465 e. The number of nitrogens with zero attached hydrogens (tertiary/aromatic N) is 1. The summed E-state index contributed by atoms with van der Waals surface area (Å²) in [4.78, 5) is 15.0. The van der Waals surface area contributed by atoms with Crippen LogP contribution in [0.3, 0.4) is 0 Å². The van der Waals surface area contributed by atoms with Crippen molar-refractivity contribution in [3.05, 3.63) is 0 Å². The molecule has 2 fully saturated rings. The summed E-state index contributed by atoms with van der Waals surface area (Å²) in [5.41, 5.74) is -0.433. The molecule has 122 valence electrons. The van der Waals surface area contributed by atoms with E-state index in [0.717, 1.165) is 38.1 Å². The van der Waals surface area contributed by atoms with Crippen molar-refractivity contribution in [2.24, 2.45) is 11.8 Å². The van der Waals surface area contributed by atoms with Crippen molar-refractivity contribution in [3.8, 4) is 0 Å². The molecule has 4 heteroatoms. The molecule has 1 saturated heterocycles. The van der Waals surface area contributed by atoms with Crippen LogP contribution < -0.4 is 5.32 Å². The molecule has 0 aromatic heterocycles. The molecule has 1 aliphatic carbocycles. The molecule has 4 nitrogen and oxygen atoms in total. The maximum absolute atomic E-state index is 12.4. The molecule has 0 spiro atoms. The van der Waals surface area contributed by atoms with Gasteiger partial charge in [-0.3, -0.25) is 4.79 Å². The van der Waals surface area contributed by atoms with E-state index in [1.54, 1.807) is 0 Å². The van der Waals surface area contributed by atoms with Gasteiger partial charge in [-0.15, -0.1) is 0 Å². The molecule has 3 unspecified atom stereocenters. The van der Waals surface area contributed by atoms with E-state index in [-0.39, 0.29) is 5.97 Å². The lowest BCUT2D eigenvalue weighted by atomic mass is 9.84. The first-order valence-electron chi connectivity index (χ1n) is 8.71. The largest absolute Gasteiger partial charge is 0.465 e. The number of esters is 1. The average molecular weight is 296 g/mol.